The maximum atomic E-state index is 12.9. The van der Waals surface area contributed by atoms with Gasteiger partial charge in [0.25, 0.3) is 0 Å². The van der Waals surface area contributed by atoms with Gasteiger partial charge in [0.1, 0.15) is 11.2 Å². The highest BCUT2D eigenvalue weighted by Crippen LogP contribution is 2.47. The van der Waals surface area contributed by atoms with Gasteiger partial charge in [0, 0.05) is 10.8 Å². The molecule has 8 heteroatoms. The van der Waals surface area contributed by atoms with Gasteiger partial charge >= 0.3 is 12.1 Å². The third-order valence-corrected chi connectivity index (χ3v) is 3.53. The van der Waals surface area contributed by atoms with E-state index in [2.05, 4.69) is 10.3 Å². The molecule has 2 atom stereocenters. The van der Waals surface area contributed by atoms with Crippen LogP contribution in [0.2, 0.25) is 0 Å². The number of hydrogen-bond acceptors (Lipinski definition) is 4. The summed E-state index contributed by atoms with van der Waals surface area (Å²) >= 11 is 1.05. The van der Waals surface area contributed by atoms with Crippen LogP contribution in [-0.4, -0.2) is 33.4 Å². The van der Waals surface area contributed by atoms with Crippen molar-refractivity contribution in [2.45, 2.75) is 25.1 Å². The van der Waals surface area contributed by atoms with Crippen molar-refractivity contribution < 1.29 is 24.2 Å². The average molecular weight is 260 g/mol. The summed E-state index contributed by atoms with van der Waals surface area (Å²) in [5.41, 5.74) is -0.165. The number of carboxylic acids is 1. The van der Waals surface area contributed by atoms with Crippen LogP contribution in [0.4, 0.5) is 9.18 Å². The summed E-state index contributed by atoms with van der Waals surface area (Å²) < 4.78 is 12.9. The van der Waals surface area contributed by atoms with Crippen molar-refractivity contribution in [3.8, 4) is 0 Å². The van der Waals surface area contributed by atoms with Crippen molar-refractivity contribution in [2.75, 3.05) is 0 Å². The van der Waals surface area contributed by atoms with E-state index >= 15 is 0 Å². The molecule has 1 saturated carbocycles. The minimum atomic E-state index is -1.21. The fraction of sp³-hybridized carbons (Fsp3) is 0.444. The van der Waals surface area contributed by atoms with E-state index in [-0.39, 0.29) is 12.2 Å². The Hall–Kier alpha value is -1.70. The van der Waals surface area contributed by atoms with E-state index in [1.165, 1.54) is 0 Å². The Labute approximate surface area is 99.1 Å². The molecule has 0 spiro atoms. The first-order valence-electron chi connectivity index (χ1n) is 4.82. The predicted octanol–water partition coefficient (Wildman–Crippen LogP) is 1.43. The third kappa shape index (κ3) is 2.52. The number of carboxylic acid groups (broad SMARTS) is 2. The minimum Gasteiger partial charge on any atom is -0.476 e. The summed E-state index contributed by atoms with van der Waals surface area (Å²) in [5, 5.41) is 19.7. The molecule has 0 saturated heterocycles. The van der Waals surface area contributed by atoms with Crippen molar-refractivity contribution in [1.29, 1.82) is 0 Å². The zero-order valence-electron chi connectivity index (χ0n) is 8.51. The molecule has 0 radical (unpaired) electrons. The Kier molecular flexibility index (Phi) is 2.97. The standard InChI is InChI=1S/C9H9FN2O4S/c10-4-1-3(4)7-6(8(13)14)12-5(17-7)2-11-9(15)16/h3-4,11H,1-2H2,(H,13,14)(H,15,16)/t3-,4-/m1/s1. The number of nitrogens with one attached hydrogen (secondary N) is 1. The normalized spacial score (nSPS) is 22.2. The predicted molar refractivity (Wildman–Crippen MR) is 56.2 cm³/mol. The van der Waals surface area contributed by atoms with Gasteiger partial charge in [-0.25, -0.2) is 19.0 Å². The lowest BCUT2D eigenvalue weighted by Gasteiger charge is -1.94. The number of aromatic carboxylic acids is 1. The first-order chi connectivity index (χ1) is 7.99. The second-order valence-corrected chi connectivity index (χ2v) is 4.76. The maximum absolute atomic E-state index is 12.9. The molecule has 6 nitrogen and oxygen atoms in total. The number of carbonyl (C=O) groups is 2. The van der Waals surface area contributed by atoms with Gasteiger partial charge in [-0.1, -0.05) is 0 Å². The fourth-order valence-electron chi connectivity index (χ4n) is 1.44. The molecule has 1 amide bonds. The molecule has 0 bridgehead atoms. The number of hydrogen-bond donors (Lipinski definition) is 3. The smallest absolute Gasteiger partial charge is 0.405 e. The van der Waals surface area contributed by atoms with Gasteiger partial charge in [-0.2, -0.15) is 0 Å². The molecule has 0 aromatic carbocycles. The second-order valence-electron chi connectivity index (χ2n) is 3.64. The maximum Gasteiger partial charge on any atom is 0.405 e. The highest BCUT2D eigenvalue weighted by atomic mass is 32.1. The molecule has 0 unspecified atom stereocenters. The molecule has 92 valence electrons. The van der Waals surface area contributed by atoms with Crippen LogP contribution in [0.3, 0.4) is 0 Å². The Morgan fingerprint density at radius 1 is 1.53 bits per heavy atom. The average Bonchev–Trinajstić information content (AvgIpc) is 2.81. The van der Waals surface area contributed by atoms with Crippen molar-refractivity contribution >= 4 is 23.4 Å². The molecule has 1 heterocycles. The molecular weight excluding hydrogens is 251 g/mol. The lowest BCUT2D eigenvalue weighted by atomic mass is 10.3. The zero-order valence-corrected chi connectivity index (χ0v) is 9.33. The summed E-state index contributed by atoms with van der Waals surface area (Å²) in [5.74, 6) is -1.60. The minimum absolute atomic E-state index is 0.0655. The summed E-state index contributed by atoms with van der Waals surface area (Å²) in [7, 11) is 0. The summed E-state index contributed by atoms with van der Waals surface area (Å²) in [6, 6.07) is 0. The lowest BCUT2D eigenvalue weighted by molar-refractivity contribution is 0.0690. The highest BCUT2D eigenvalue weighted by molar-refractivity contribution is 7.12. The van der Waals surface area contributed by atoms with Crippen LogP contribution in [0.15, 0.2) is 0 Å². The molecule has 3 N–H and O–H groups in total. The van der Waals surface area contributed by atoms with E-state index in [1.54, 1.807) is 0 Å². The molecular formula is C9H9FN2O4S. The van der Waals surface area contributed by atoms with Crippen molar-refractivity contribution in [3.63, 3.8) is 0 Å². The van der Waals surface area contributed by atoms with Gasteiger partial charge < -0.3 is 15.5 Å². The molecule has 17 heavy (non-hydrogen) atoms. The summed E-state index contributed by atoms with van der Waals surface area (Å²) in [4.78, 5) is 25.4. The number of alkyl halides is 1. The number of amides is 1. The van der Waals surface area contributed by atoms with Crippen LogP contribution >= 0.6 is 11.3 Å². The van der Waals surface area contributed by atoms with E-state index in [4.69, 9.17) is 10.2 Å². The van der Waals surface area contributed by atoms with Crippen molar-refractivity contribution in [3.05, 3.63) is 15.6 Å². The first-order valence-corrected chi connectivity index (χ1v) is 5.64. The molecule has 0 aliphatic heterocycles. The van der Waals surface area contributed by atoms with Crippen molar-refractivity contribution in [2.24, 2.45) is 0 Å². The van der Waals surface area contributed by atoms with Crippen LogP contribution in [0, 0.1) is 0 Å². The SMILES string of the molecule is O=C(O)NCc1nc(C(=O)O)c([C@@H]2C[C@H]2F)s1. The highest BCUT2D eigenvalue weighted by Gasteiger charge is 2.43. The quantitative estimate of drug-likeness (QED) is 0.760. The number of thiazole rings is 1. The first kappa shape index (κ1) is 11.8. The summed E-state index contributed by atoms with van der Waals surface area (Å²) in [6.07, 6.45) is -1.91. The largest absolute Gasteiger partial charge is 0.476 e. The third-order valence-electron chi connectivity index (χ3n) is 2.34. The number of halogens is 1. The monoisotopic (exact) mass is 260 g/mol. The number of rotatable bonds is 4. The Morgan fingerprint density at radius 3 is 2.65 bits per heavy atom. The Balaban J connectivity index is 2.19. The van der Waals surface area contributed by atoms with Crippen LogP contribution in [-0.2, 0) is 6.54 Å². The van der Waals surface area contributed by atoms with E-state index in [0.29, 0.717) is 16.3 Å². The Morgan fingerprint density at radius 2 is 2.18 bits per heavy atom. The van der Waals surface area contributed by atoms with E-state index in [1.807, 2.05) is 0 Å². The van der Waals surface area contributed by atoms with Gasteiger partial charge in [0.15, 0.2) is 5.69 Å². The van der Waals surface area contributed by atoms with Gasteiger partial charge in [0.2, 0.25) is 0 Å². The molecule has 1 fully saturated rings. The van der Waals surface area contributed by atoms with Gasteiger partial charge in [0.05, 0.1) is 6.54 Å². The molecule has 2 rings (SSSR count). The van der Waals surface area contributed by atoms with Gasteiger partial charge in [-0.05, 0) is 6.42 Å². The van der Waals surface area contributed by atoms with Gasteiger partial charge in [-0.15, -0.1) is 11.3 Å². The summed E-state index contributed by atoms with van der Waals surface area (Å²) in [6.45, 7) is -0.0655. The Bertz CT molecular complexity index is 476. The fourth-order valence-corrected chi connectivity index (χ4v) is 2.60. The van der Waals surface area contributed by atoms with E-state index < -0.39 is 24.2 Å². The molecule has 1 aromatic heterocycles. The molecule has 1 aliphatic rings. The topological polar surface area (TPSA) is 99.5 Å². The van der Waals surface area contributed by atoms with Crippen LogP contribution in [0.25, 0.3) is 0 Å². The number of nitrogens with zero attached hydrogens (tertiary/aromatic N) is 1. The van der Waals surface area contributed by atoms with E-state index in [0.717, 1.165) is 11.3 Å². The second kappa shape index (κ2) is 4.28. The number of aromatic nitrogens is 1. The van der Waals surface area contributed by atoms with Crippen LogP contribution < -0.4 is 5.32 Å². The zero-order chi connectivity index (χ0) is 12.6. The van der Waals surface area contributed by atoms with E-state index in [9.17, 15) is 14.0 Å². The molecule has 1 aliphatic carbocycles. The lowest BCUT2D eigenvalue weighted by Crippen LogP contribution is -2.19. The molecule has 1 aromatic rings. The van der Waals surface area contributed by atoms with Crippen molar-refractivity contribution in [1.82, 2.24) is 10.3 Å². The van der Waals surface area contributed by atoms with Crippen LogP contribution in [0.1, 0.15) is 32.7 Å². The van der Waals surface area contributed by atoms with Crippen LogP contribution in [0.5, 0.6) is 0 Å². The van der Waals surface area contributed by atoms with Gasteiger partial charge in [-0.3, -0.25) is 0 Å².